The zero-order valence-electron chi connectivity index (χ0n) is 11.7. The first-order chi connectivity index (χ1) is 4.91. The average molecular weight is 158 g/mol. The Bertz CT molecular complexity index is 49.4. The third-order valence-electron chi connectivity index (χ3n) is 1.46. The third kappa shape index (κ3) is 30.6. The smallest absolute Gasteiger partial charge is 1.00 e. The molecule has 12 heavy (non-hydrogen) atoms. The van der Waals surface area contributed by atoms with E-state index in [0.29, 0.717) is 0 Å². The number of rotatable bonds is 5. The molecular weight excluding hydrogens is 134 g/mol. The van der Waals surface area contributed by atoms with Crippen molar-refractivity contribution in [3.8, 4) is 0 Å². The molecule has 0 radical (unpaired) electrons. The van der Waals surface area contributed by atoms with Gasteiger partial charge in [0.05, 0.1) is 0 Å². The Hall–Kier alpha value is 0.935. The van der Waals surface area contributed by atoms with Crippen LogP contribution in [-0.4, -0.2) is 0 Å². The molecule has 0 nitrogen and oxygen atoms in total. The van der Waals surface area contributed by atoms with Gasteiger partial charge in [0, 0.05) is 0 Å². The summed E-state index contributed by atoms with van der Waals surface area (Å²) < 4.78 is 0. The van der Waals surface area contributed by atoms with E-state index in [-0.39, 0.29) is 40.6 Å². The number of hydrogen-bond donors (Lipinski definition) is 0. The number of unbranched alkanes of at least 4 members (excludes halogenated alkanes) is 5. The molecule has 0 aliphatic carbocycles. The van der Waals surface area contributed by atoms with Gasteiger partial charge >= 0.3 is 37.7 Å². The van der Waals surface area contributed by atoms with Gasteiger partial charge in [0.25, 0.3) is 0 Å². The van der Waals surface area contributed by atoms with Gasteiger partial charge in [-0.2, -0.15) is 0 Å². The van der Waals surface area contributed by atoms with Gasteiger partial charge in [0.2, 0.25) is 0 Å². The number of hydrogen-bond acceptors (Lipinski definition) is 0. The van der Waals surface area contributed by atoms with E-state index in [1.54, 1.807) is 0 Å². The van der Waals surface area contributed by atoms with Crippen molar-refractivity contribution in [2.24, 2.45) is 0 Å². The van der Waals surface area contributed by atoms with Crippen LogP contribution in [0, 0.1) is 0 Å². The second-order valence-corrected chi connectivity index (χ2v) is 2.41. The van der Waals surface area contributed by atoms with Crippen molar-refractivity contribution in [3.63, 3.8) is 0 Å². The van der Waals surface area contributed by atoms with E-state index in [1.807, 2.05) is 0 Å². The fraction of sp³-hybridized carbons (Fsp3) is 0.800. The minimum atomic E-state index is 0. The molecule has 66 valence electrons. The van der Waals surface area contributed by atoms with Crippen molar-refractivity contribution in [2.75, 3.05) is 0 Å². The maximum absolute atomic E-state index is 3.00. The Kier molecular flexibility index (Phi) is 57.1. The molecule has 0 amide bonds. The molecule has 0 aromatic carbocycles. The maximum Gasteiger partial charge on any atom is 1.00 e. The van der Waals surface area contributed by atoms with Gasteiger partial charge in [-0.3, -0.25) is 0 Å². The van der Waals surface area contributed by atoms with Crippen LogP contribution < -0.4 is 37.7 Å². The van der Waals surface area contributed by atoms with E-state index in [0.717, 1.165) is 0 Å². The summed E-state index contributed by atoms with van der Waals surface area (Å²) in [5.41, 5.74) is 0. The topological polar surface area (TPSA) is 0 Å². The van der Waals surface area contributed by atoms with Crippen LogP contribution in [-0.2, 0) is 0 Å². The molecule has 0 rings (SSSR count). The van der Waals surface area contributed by atoms with Gasteiger partial charge in [0.1, 0.15) is 0 Å². The first-order valence-electron chi connectivity index (χ1n) is 4.41. The summed E-state index contributed by atoms with van der Waals surface area (Å²) in [4.78, 5) is 0. The zero-order chi connectivity index (χ0) is 8.24. The molecule has 0 saturated heterocycles. The molecule has 0 bridgehead atoms. The molecule has 0 spiro atoms. The Morgan fingerprint density at radius 3 is 1.17 bits per heavy atom. The van der Waals surface area contributed by atoms with Crippen LogP contribution in [0.4, 0.5) is 0 Å². The molecule has 0 saturated carbocycles. The third-order valence-corrected chi connectivity index (χ3v) is 1.46. The Morgan fingerprint density at radius 2 is 1.00 bits per heavy atom. The molecule has 0 atom stereocenters. The van der Waals surface area contributed by atoms with Crippen molar-refractivity contribution in [1.82, 2.24) is 0 Å². The summed E-state index contributed by atoms with van der Waals surface area (Å²) in [6.07, 6.45) is 8.49. The van der Waals surface area contributed by atoms with Crippen molar-refractivity contribution in [1.29, 1.82) is 0 Å². The van der Waals surface area contributed by atoms with Crippen LogP contribution in [0.2, 0.25) is 0 Å². The van der Waals surface area contributed by atoms with Crippen molar-refractivity contribution in [2.45, 2.75) is 52.4 Å². The van der Waals surface area contributed by atoms with Crippen LogP contribution in [0.5, 0.6) is 0 Å². The van der Waals surface area contributed by atoms with Crippen LogP contribution in [0.15, 0.2) is 13.2 Å². The van der Waals surface area contributed by atoms with Crippen LogP contribution >= 0.6 is 0 Å². The Labute approximate surface area is 106 Å². The summed E-state index contributed by atoms with van der Waals surface area (Å²) in [6, 6.07) is 0. The quantitative estimate of drug-likeness (QED) is 0.257. The zero-order valence-corrected chi connectivity index (χ0v) is 9.66. The van der Waals surface area contributed by atoms with E-state index in [1.165, 1.54) is 38.5 Å². The van der Waals surface area contributed by atoms with E-state index in [4.69, 9.17) is 0 Å². The van der Waals surface area contributed by atoms with E-state index >= 15 is 0 Å². The molecule has 0 aromatic heterocycles. The summed E-state index contributed by atoms with van der Waals surface area (Å²) >= 11 is 0. The standard InChI is InChI=1S/C8H18.C2H4.2Li.2H/c1-3-5-7-8-6-4-2;1-2;;;;/h3-8H2,1-2H3;1-2H2;;;;/q;;2*+1;2*-1. The van der Waals surface area contributed by atoms with Crippen LogP contribution in [0.3, 0.4) is 0 Å². The summed E-state index contributed by atoms with van der Waals surface area (Å²) in [5, 5.41) is 0. The fourth-order valence-corrected chi connectivity index (χ4v) is 0.854. The molecule has 0 unspecified atom stereocenters. The second kappa shape index (κ2) is 29.7. The van der Waals surface area contributed by atoms with Gasteiger partial charge in [-0.25, -0.2) is 0 Å². The molecule has 0 aliphatic rings. The SMILES string of the molecule is C=C.CCCCCCCC.[H-].[H-].[Li+].[Li+]. The first-order valence-corrected chi connectivity index (χ1v) is 4.41. The van der Waals surface area contributed by atoms with Gasteiger partial charge in [0.15, 0.2) is 0 Å². The van der Waals surface area contributed by atoms with Crippen LogP contribution in [0.1, 0.15) is 55.2 Å². The van der Waals surface area contributed by atoms with Crippen molar-refractivity contribution < 1.29 is 40.6 Å². The second-order valence-electron chi connectivity index (χ2n) is 2.41. The Balaban J connectivity index is -0.0000000250. The normalized spacial score (nSPS) is 6.83. The fourth-order valence-electron chi connectivity index (χ4n) is 0.854. The molecule has 0 heterocycles. The van der Waals surface area contributed by atoms with Gasteiger partial charge in [-0.05, 0) is 0 Å². The molecule has 2 heteroatoms. The molecule has 0 N–H and O–H groups in total. The van der Waals surface area contributed by atoms with E-state index in [9.17, 15) is 0 Å². The van der Waals surface area contributed by atoms with Gasteiger partial charge in [-0.1, -0.05) is 52.4 Å². The Morgan fingerprint density at radius 1 is 0.750 bits per heavy atom. The molecule has 0 aliphatic heterocycles. The van der Waals surface area contributed by atoms with Crippen LogP contribution in [0.25, 0.3) is 0 Å². The summed E-state index contributed by atoms with van der Waals surface area (Å²) in [5.74, 6) is 0. The largest absolute Gasteiger partial charge is 1.00 e. The maximum atomic E-state index is 3.00. The minimum absolute atomic E-state index is 0. The average Bonchev–Trinajstić information content (AvgIpc) is 2.02. The van der Waals surface area contributed by atoms with Gasteiger partial charge in [-0.15, -0.1) is 13.2 Å². The predicted molar refractivity (Wildman–Crippen MR) is 52.5 cm³/mol. The van der Waals surface area contributed by atoms with Gasteiger partial charge < -0.3 is 2.85 Å². The molecular formula is C10H24Li2. The predicted octanol–water partition coefficient (Wildman–Crippen LogP) is -1.60. The summed E-state index contributed by atoms with van der Waals surface area (Å²) in [7, 11) is 0. The first kappa shape index (κ1) is 23.1. The molecule has 0 fully saturated rings. The molecule has 0 aromatic rings. The van der Waals surface area contributed by atoms with Crippen molar-refractivity contribution >= 4 is 0 Å². The van der Waals surface area contributed by atoms with E-state index in [2.05, 4.69) is 27.0 Å². The summed E-state index contributed by atoms with van der Waals surface area (Å²) in [6.45, 7) is 10.5. The monoisotopic (exact) mass is 158 g/mol. The minimum Gasteiger partial charge on any atom is -1.00 e. The van der Waals surface area contributed by atoms with Crippen molar-refractivity contribution in [3.05, 3.63) is 13.2 Å². The van der Waals surface area contributed by atoms with E-state index < -0.39 is 0 Å².